The zero-order valence-electron chi connectivity index (χ0n) is 15.3. The number of fused-ring (bicyclic) bond motifs is 1. The zero-order chi connectivity index (χ0) is 19.7. The molecule has 28 heavy (non-hydrogen) atoms. The lowest BCUT2D eigenvalue weighted by molar-refractivity contribution is -0.141. The standard InChI is InChI=1S/C18H19N5O5/c1-11-19-17(28-21-11)14-10-27-9-8-22(14)15(24)6-7-23-13-5-3-2-4-12(13)16(25)20-18(23)26/h2-5,14H,6-10H2,1H3,(H,20,25,26). The Bertz CT molecular complexity index is 1130. The number of rotatable bonds is 4. The number of ether oxygens (including phenoxy) is 1. The summed E-state index contributed by atoms with van der Waals surface area (Å²) in [4.78, 5) is 45.2. The average molecular weight is 385 g/mol. The molecule has 1 saturated heterocycles. The molecule has 1 aliphatic rings. The summed E-state index contributed by atoms with van der Waals surface area (Å²) in [5, 5.41) is 4.18. The van der Waals surface area contributed by atoms with Gasteiger partial charge in [-0.3, -0.25) is 19.1 Å². The molecular weight excluding hydrogens is 366 g/mol. The van der Waals surface area contributed by atoms with Crippen LogP contribution in [0.4, 0.5) is 0 Å². The Morgan fingerprint density at radius 2 is 2.14 bits per heavy atom. The van der Waals surface area contributed by atoms with Gasteiger partial charge in [0.05, 0.1) is 24.1 Å². The van der Waals surface area contributed by atoms with E-state index in [0.29, 0.717) is 35.8 Å². The van der Waals surface area contributed by atoms with Crippen LogP contribution in [0, 0.1) is 6.92 Å². The second-order valence-corrected chi connectivity index (χ2v) is 6.54. The summed E-state index contributed by atoms with van der Waals surface area (Å²) in [5.74, 6) is 0.655. The Hall–Kier alpha value is -3.27. The van der Waals surface area contributed by atoms with Gasteiger partial charge in [0.25, 0.3) is 11.4 Å². The highest BCUT2D eigenvalue weighted by Crippen LogP contribution is 2.23. The lowest BCUT2D eigenvalue weighted by Crippen LogP contribution is -2.44. The van der Waals surface area contributed by atoms with Crippen LogP contribution in [0.5, 0.6) is 0 Å². The van der Waals surface area contributed by atoms with E-state index in [9.17, 15) is 14.4 Å². The third-order valence-electron chi connectivity index (χ3n) is 4.73. The summed E-state index contributed by atoms with van der Waals surface area (Å²) in [5.41, 5.74) is -0.485. The fraction of sp³-hybridized carbons (Fsp3) is 0.389. The highest BCUT2D eigenvalue weighted by atomic mass is 16.5. The Kier molecular flexibility index (Phi) is 4.78. The van der Waals surface area contributed by atoms with E-state index in [2.05, 4.69) is 15.1 Å². The molecule has 10 nitrogen and oxygen atoms in total. The first kappa shape index (κ1) is 18.1. The number of aromatic nitrogens is 4. The van der Waals surface area contributed by atoms with Crippen molar-refractivity contribution in [3.05, 3.63) is 56.8 Å². The quantitative estimate of drug-likeness (QED) is 0.688. The maximum absolute atomic E-state index is 12.9. The Balaban J connectivity index is 1.56. The Morgan fingerprint density at radius 1 is 1.32 bits per heavy atom. The predicted octanol–water partition coefficient (Wildman–Crippen LogP) is 0.371. The fourth-order valence-corrected chi connectivity index (χ4v) is 3.37. The first-order chi connectivity index (χ1) is 13.5. The highest BCUT2D eigenvalue weighted by molar-refractivity contribution is 5.79. The van der Waals surface area contributed by atoms with E-state index in [-0.39, 0.29) is 25.5 Å². The number of carbonyl (C=O) groups is 1. The molecule has 0 bridgehead atoms. The van der Waals surface area contributed by atoms with Gasteiger partial charge in [0.15, 0.2) is 5.82 Å². The summed E-state index contributed by atoms with van der Waals surface area (Å²) in [6, 6.07) is 6.35. The highest BCUT2D eigenvalue weighted by Gasteiger charge is 2.32. The molecule has 1 fully saturated rings. The maximum Gasteiger partial charge on any atom is 0.328 e. The van der Waals surface area contributed by atoms with Crippen LogP contribution in [-0.4, -0.2) is 50.3 Å². The van der Waals surface area contributed by atoms with Crippen LogP contribution in [0.2, 0.25) is 0 Å². The molecule has 3 aromatic rings. The van der Waals surface area contributed by atoms with Gasteiger partial charge >= 0.3 is 5.69 Å². The van der Waals surface area contributed by atoms with Gasteiger partial charge in [0.1, 0.15) is 6.04 Å². The lowest BCUT2D eigenvalue weighted by Gasteiger charge is -2.33. The van der Waals surface area contributed by atoms with Gasteiger partial charge in [-0.05, 0) is 19.1 Å². The molecule has 1 amide bonds. The minimum atomic E-state index is -0.539. The Labute approximate surface area is 158 Å². The number of aromatic amines is 1. The number of H-pyrrole nitrogens is 1. The molecule has 3 heterocycles. The van der Waals surface area contributed by atoms with Gasteiger partial charge in [0.2, 0.25) is 5.91 Å². The summed E-state index contributed by atoms with van der Waals surface area (Å²) >= 11 is 0. The molecule has 10 heteroatoms. The molecule has 1 unspecified atom stereocenters. The second-order valence-electron chi connectivity index (χ2n) is 6.54. The maximum atomic E-state index is 12.9. The van der Waals surface area contributed by atoms with E-state index < -0.39 is 17.3 Å². The SMILES string of the molecule is Cc1noc(C2COCCN2C(=O)CCn2c(=O)[nH]c(=O)c3ccccc32)n1. The van der Waals surface area contributed by atoms with Crippen LogP contribution in [0.1, 0.15) is 24.2 Å². The van der Waals surface area contributed by atoms with E-state index in [1.807, 2.05) is 0 Å². The monoisotopic (exact) mass is 385 g/mol. The molecule has 0 saturated carbocycles. The molecule has 0 radical (unpaired) electrons. The molecule has 1 aliphatic heterocycles. The van der Waals surface area contributed by atoms with Crippen LogP contribution in [0.3, 0.4) is 0 Å². The van der Waals surface area contributed by atoms with Crippen molar-refractivity contribution in [2.24, 2.45) is 0 Å². The van der Waals surface area contributed by atoms with Gasteiger partial charge in [-0.25, -0.2) is 4.79 Å². The van der Waals surface area contributed by atoms with E-state index in [1.165, 1.54) is 4.57 Å². The molecule has 4 rings (SSSR count). The third kappa shape index (κ3) is 3.33. The predicted molar refractivity (Wildman–Crippen MR) is 97.8 cm³/mol. The molecule has 146 valence electrons. The topological polar surface area (TPSA) is 123 Å². The average Bonchev–Trinajstić information content (AvgIpc) is 3.14. The Morgan fingerprint density at radius 3 is 2.93 bits per heavy atom. The number of para-hydroxylation sites is 1. The molecule has 0 aliphatic carbocycles. The minimum Gasteiger partial charge on any atom is -0.377 e. The van der Waals surface area contributed by atoms with Crippen LogP contribution in [0.25, 0.3) is 10.9 Å². The second kappa shape index (κ2) is 7.39. The molecule has 2 aromatic heterocycles. The number of hydrogen-bond acceptors (Lipinski definition) is 7. The van der Waals surface area contributed by atoms with E-state index in [1.54, 1.807) is 36.1 Å². The van der Waals surface area contributed by atoms with Crippen molar-refractivity contribution in [3.8, 4) is 0 Å². The van der Waals surface area contributed by atoms with Crippen LogP contribution < -0.4 is 11.2 Å². The van der Waals surface area contributed by atoms with Gasteiger partial charge in [-0.1, -0.05) is 17.3 Å². The fourth-order valence-electron chi connectivity index (χ4n) is 3.37. The molecule has 1 aromatic carbocycles. The zero-order valence-corrected chi connectivity index (χ0v) is 15.3. The molecule has 0 spiro atoms. The number of carbonyl (C=O) groups excluding carboxylic acids is 1. The van der Waals surface area contributed by atoms with Crippen molar-refractivity contribution in [2.75, 3.05) is 19.8 Å². The summed E-state index contributed by atoms with van der Waals surface area (Å²) in [6.45, 7) is 2.93. The molecule has 1 atom stereocenters. The van der Waals surface area contributed by atoms with E-state index in [4.69, 9.17) is 9.26 Å². The van der Waals surface area contributed by atoms with Crippen molar-refractivity contribution >= 4 is 16.8 Å². The van der Waals surface area contributed by atoms with Crippen LogP contribution >= 0.6 is 0 Å². The lowest BCUT2D eigenvalue weighted by atomic mass is 10.2. The van der Waals surface area contributed by atoms with Crippen molar-refractivity contribution < 1.29 is 14.1 Å². The number of nitrogens with one attached hydrogen (secondary N) is 1. The van der Waals surface area contributed by atoms with Gasteiger partial charge < -0.3 is 14.2 Å². The van der Waals surface area contributed by atoms with E-state index >= 15 is 0 Å². The van der Waals surface area contributed by atoms with Crippen molar-refractivity contribution in [2.45, 2.75) is 25.9 Å². The number of morpholine rings is 1. The van der Waals surface area contributed by atoms with Gasteiger partial charge in [0, 0.05) is 19.5 Å². The summed E-state index contributed by atoms with van der Waals surface area (Å²) in [7, 11) is 0. The van der Waals surface area contributed by atoms with Gasteiger partial charge in [-0.15, -0.1) is 0 Å². The normalized spacial score (nSPS) is 17.2. The number of benzene rings is 1. The number of hydrogen-bond donors (Lipinski definition) is 1. The van der Waals surface area contributed by atoms with Crippen LogP contribution in [-0.2, 0) is 16.1 Å². The van der Waals surface area contributed by atoms with Crippen molar-refractivity contribution in [3.63, 3.8) is 0 Å². The third-order valence-corrected chi connectivity index (χ3v) is 4.73. The van der Waals surface area contributed by atoms with Crippen molar-refractivity contribution in [1.82, 2.24) is 24.6 Å². The minimum absolute atomic E-state index is 0.0829. The van der Waals surface area contributed by atoms with Crippen LogP contribution in [0.15, 0.2) is 38.4 Å². The van der Waals surface area contributed by atoms with E-state index in [0.717, 1.165) is 0 Å². The smallest absolute Gasteiger partial charge is 0.328 e. The first-order valence-corrected chi connectivity index (χ1v) is 8.94. The summed E-state index contributed by atoms with van der Waals surface area (Å²) < 4.78 is 12.1. The number of amides is 1. The molecule has 1 N–H and O–H groups in total. The largest absolute Gasteiger partial charge is 0.377 e. The number of aryl methyl sites for hydroxylation is 2. The van der Waals surface area contributed by atoms with Crippen molar-refractivity contribution in [1.29, 1.82) is 0 Å². The van der Waals surface area contributed by atoms with Gasteiger partial charge in [-0.2, -0.15) is 4.98 Å². The molecular formula is C18H19N5O5. The summed E-state index contributed by atoms with van der Waals surface area (Å²) in [6.07, 6.45) is 0.0829. The number of nitrogens with zero attached hydrogens (tertiary/aromatic N) is 4. The first-order valence-electron chi connectivity index (χ1n) is 8.94.